The topological polar surface area (TPSA) is 132 Å². The van der Waals surface area contributed by atoms with Gasteiger partial charge in [0.05, 0.1) is 32.1 Å². The molecule has 33 heavy (non-hydrogen) atoms. The van der Waals surface area contributed by atoms with Gasteiger partial charge in [-0.15, -0.1) is 0 Å². The number of carbonyl (C=O) groups excluding carboxylic acids is 2. The molecule has 1 amide bonds. The third-order valence-corrected chi connectivity index (χ3v) is 4.99. The van der Waals surface area contributed by atoms with Crippen molar-refractivity contribution in [2.75, 3.05) is 20.3 Å². The van der Waals surface area contributed by atoms with Gasteiger partial charge in [-0.3, -0.25) is 4.79 Å². The highest BCUT2D eigenvalue weighted by atomic mass is 16.6. The van der Waals surface area contributed by atoms with E-state index in [9.17, 15) is 9.59 Å². The van der Waals surface area contributed by atoms with E-state index in [0.29, 0.717) is 6.42 Å². The molecule has 9 nitrogen and oxygen atoms in total. The van der Waals surface area contributed by atoms with Crippen LogP contribution in [0.1, 0.15) is 38.7 Å². The molecule has 0 saturated carbocycles. The first-order chi connectivity index (χ1) is 15.9. The molecule has 2 rings (SSSR count). The molecule has 0 aliphatic carbocycles. The van der Waals surface area contributed by atoms with E-state index in [0.717, 1.165) is 16.5 Å². The number of oxime groups is 1. The summed E-state index contributed by atoms with van der Waals surface area (Å²) >= 11 is 0. The molecule has 1 atom stereocenters. The fourth-order valence-corrected chi connectivity index (χ4v) is 3.47. The first-order valence-electron chi connectivity index (χ1n) is 10.8. The monoisotopic (exact) mass is 451 g/mol. The zero-order valence-corrected chi connectivity index (χ0v) is 19.2. The highest BCUT2D eigenvalue weighted by Crippen LogP contribution is 2.22. The molecular weight excluding hydrogens is 422 g/mol. The smallest absolute Gasteiger partial charge is 0.328 e. The molecule has 9 heteroatoms. The second kappa shape index (κ2) is 12.9. The van der Waals surface area contributed by atoms with Gasteiger partial charge in [-0.05, 0) is 17.5 Å². The van der Waals surface area contributed by atoms with E-state index >= 15 is 0 Å². The maximum absolute atomic E-state index is 13.5. The molecule has 2 aromatic rings. The van der Waals surface area contributed by atoms with Crippen molar-refractivity contribution in [1.82, 2.24) is 9.88 Å². The number of nitrogens with zero attached hydrogens (tertiary/aromatic N) is 4. The second-order valence-corrected chi connectivity index (χ2v) is 7.89. The summed E-state index contributed by atoms with van der Waals surface area (Å²) in [6.45, 7) is 3.95. The SMILES string of the molecule is COC(=O)[C@H](Cc1c[nH]c2ccccc12)N(CCC#N)C(=O)/C(CC(C)C)=N/OCCC#N. The molecule has 0 bridgehead atoms. The number of fused-ring (bicyclic) bond motifs is 1. The normalized spacial score (nSPS) is 12.1. The number of nitriles is 2. The van der Waals surface area contributed by atoms with Gasteiger partial charge < -0.3 is 19.5 Å². The summed E-state index contributed by atoms with van der Waals surface area (Å²) in [5, 5.41) is 22.8. The minimum absolute atomic E-state index is 0.0345. The first kappa shape index (κ1) is 25.4. The molecule has 0 aliphatic rings. The summed E-state index contributed by atoms with van der Waals surface area (Å²) in [4.78, 5) is 36.0. The molecular formula is C24H29N5O4. The van der Waals surface area contributed by atoms with Crippen LogP contribution in [-0.4, -0.2) is 53.8 Å². The van der Waals surface area contributed by atoms with Gasteiger partial charge in [0.1, 0.15) is 18.4 Å². The Morgan fingerprint density at radius 1 is 1.18 bits per heavy atom. The Hall–Kier alpha value is -3.85. The molecule has 1 aromatic carbocycles. The van der Waals surface area contributed by atoms with E-state index in [-0.39, 0.29) is 44.0 Å². The number of hydrogen-bond donors (Lipinski definition) is 1. The average molecular weight is 452 g/mol. The van der Waals surface area contributed by atoms with Gasteiger partial charge in [-0.2, -0.15) is 10.5 Å². The average Bonchev–Trinajstić information content (AvgIpc) is 3.22. The molecule has 0 fully saturated rings. The van der Waals surface area contributed by atoms with Crippen LogP contribution in [0.25, 0.3) is 10.9 Å². The van der Waals surface area contributed by atoms with Crippen molar-refractivity contribution in [3.63, 3.8) is 0 Å². The number of H-pyrrole nitrogens is 1. The predicted octanol–water partition coefficient (Wildman–Crippen LogP) is 3.33. The summed E-state index contributed by atoms with van der Waals surface area (Å²) in [5.74, 6) is -0.984. The van der Waals surface area contributed by atoms with Crippen LogP contribution in [0, 0.1) is 28.6 Å². The number of benzene rings is 1. The van der Waals surface area contributed by atoms with Gasteiger partial charge in [-0.25, -0.2) is 4.79 Å². The molecule has 0 saturated heterocycles. The summed E-state index contributed by atoms with van der Waals surface area (Å²) in [6.07, 6.45) is 2.50. The minimum Gasteiger partial charge on any atom is -0.467 e. The Kier molecular flexibility index (Phi) is 9.91. The number of esters is 1. The predicted molar refractivity (Wildman–Crippen MR) is 123 cm³/mol. The summed E-state index contributed by atoms with van der Waals surface area (Å²) in [6, 6.07) is 10.7. The Bertz CT molecular complexity index is 1060. The van der Waals surface area contributed by atoms with Crippen LogP contribution in [0.2, 0.25) is 0 Å². The highest BCUT2D eigenvalue weighted by molar-refractivity contribution is 6.39. The van der Waals surface area contributed by atoms with Crippen molar-refractivity contribution in [2.24, 2.45) is 11.1 Å². The largest absolute Gasteiger partial charge is 0.467 e. The zero-order valence-electron chi connectivity index (χ0n) is 19.2. The molecule has 0 unspecified atom stereocenters. The Morgan fingerprint density at radius 3 is 2.58 bits per heavy atom. The molecule has 174 valence electrons. The number of para-hydroxylation sites is 1. The van der Waals surface area contributed by atoms with E-state index in [1.165, 1.54) is 12.0 Å². The number of carbonyl (C=O) groups is 2. The molecule has 1 heterocycles. The lowest BCUT2D eigenvalue weighted by atomic mass is 10.0. The number of methoxy groups -OCH3 is 1. The maximum atomic E-state index is 13.5. The lowest BCUT2D eigenvalue weighted by molar-refractivity contribution is -0.150. The number of nitrogens with one attached hydrogen (secondary N) is 1. The molecule has 0 aliphatic heterocycles. The summed E-state index contributed by atoms with van der Waals surface area (Å²) < 4.78 is 5.03. The lowest BCUT2D eigenvalue weighted by Gasteiger charge is -2.30. The quantitative estimate of drug-likeness (QED) is 0.228. The van der Waals surface area contributed by atoms with Crippen LogP contribution in [-0.2, 0) is 25.6 Å². The van der Waals surface area contributed by atoms with Crippen molar-refractivity contribution in [1.29, 1.82) is 10.5 Å². The van der Waals surface area contributed by atoms with Crippen LogP contribution >= 0.6 is 0 Å². The molecule has 0 spiro atoms. The lowest BCUT2D eigenvalue weighted by Crippen LogP contribution is -2.50. The van der Waals surface area contributed by atoms with E-state index in [1.807, 2.05) is 56.4 Å². The van der Waals surface area contributed by atoms with Crippen LogP contribution < -0.4 is 0 Å². The standard InChI is InChI=1S/C24H29N5O4/c1-17(2)14-21(28-33-13-7-11-26)23(30)29(12-6-10-25)22(24(31)32-3)15-18-16-27-20-9-5-4-8-19(18)20/h4-5,8-9,16-17,22,27H,6-7,12-15H2,1-3H3/b28-21+/t22-/m0/s1. The van der Waals surface area contributed by atoms with E-state index in [2.05, 4.69) is 10.1 Å². The van der Waals surface area contributed by atoms with E-state index < -0.39 is 17.9 Å². The summed E-state index contributed by atoms with van der Waals surface area (Å²) in [5.41, 5.74) is 1.90. The van der Waals surface area contributed by atoms with Gasteiger partial charge in [0, 0.05) is 36.5 Å². The number of ether oxygens (including phenoxy) is 1. The van der Waals surface area contributed by atoms with Crippen molar-refractivity contribution in [2.45, 2.75) is 45.6 Å². The fraction of sp³-hybridized carbons (Fsp3) is 0.458. The van der Waals surface area contributed by atoms with Crippen molar-refractivity contribution >= 4 is 28.5 Å². The van der Waals surface area contributed by atoms with E-state index in [4.69, 9.17) is 20.1 Å². The third-order valence-electron chi connectivity index (χ3n) is 4.99. The molecule has 1 aromatic heterocycles. The molecule has 1 N–H and O–H groups in total. The van der Waals surface area contributed by atoms with Crippen molar-refractivity contribution in [3.8, 4) is 12.1 Å². The van der Waals surface area contributed by atoms with Gasteiger partial charge in [-0.1, -0.05) is 37.2 Å². The Morgan fingerprint density at radius 2 is 1.91 bits per heavy atom. The number of aromatic nitrogens is 1. The zero-order chi connectivity index (χ0) is 24.2. The van der Waals surface area contributed by atoms with Gasteiger partial charge in [0.15, 0.2) is 0 Å². The Balaban J connectivity index is 2.41. The summed E-state index contributed by atoms with van der Waals surface area (Å²) in [7, 11) is 1.27. The van der Waals surface area contributed by atoms with Crippen molar-refractivity contribution < 1.29 is 19.2 Å². The van der Waals surface area contributed by atoms with Crippen LogP contribution in [0.15, 0.2) is 35.6 Å². The minimum atomic E-state index is -0.952. The first-order valence-corrected chi connectivity index (χ1v) is 10.8. The number of amides is 1. The van der Waals surface area contributed by atoms with Gasteiger partial charge >= 0.3 is 5.97 Å². The second-order valence-electron chi connectivity index (χ2n) is 7.89. The third kappa shape index (κ3) is 7.08. The van der Waals surface area contributed by atoms with E-state index in [1.54, 1.807) is 0 Å². The number of aromatic amines is 1. The molecule has 0 radical (unpaired) electrons. The highest BCUT2D eigenvalue weighted by Gasteiger charge is 2.34. The van der Waals surface area contributed by atoms with Gasteiger partial charge in [0.25, 0.3) is 5.91 Å². The number of rotatable bonds is 12. The van der Waals surface area contributed by atoms with Crippen LogP contribution in [0.4, 0.5) is 0 Å². The van der Waals surface area contributed by atoms with Crippen LogP contribution in [0.3, 0.4) is 0 Å². The van der Waals surface area contributed by atoms with Gasteiger partial charge in [0.2, 0.25) is 0 Å². The van der Waals surface area contributed by atoms with Crippen molar-refractivity contribution in [3.05, 3.63) is 36.0 Å². The Labute approximate surface area is 193 Å². The van der Waals surface area contributed by atoms with Crippen LogP contribution in [0.5, 0.6) is 0 Å². The maximum Gasteiger partial charge on any atom is 0.328 e. The number of hydrogen-bond acceptors (Lipinski definition) is 7. The fourth-order valence-electron chi connectivity index (χ4n) is 3.47.